The van der Waals surface area contributed by atoms with Gasteiger partial charge in [-0.1, -0.05) is 18.2 Å². The van der Waals surface area contributed by atoms with Crippen LogP contribution in [0.4, 0.5) is 0 Å². The van der Waals surface area contributed by atoms with Gasteiger partial charge in [-0.3, -0.25) is 9.59 Å². The zero-order chi connectivity index (χ0) is 15.5. The molecule has 3 rings (SSSR count). The monoisotopic (exact) mass is 319 g/mol. The van der Waals surface area contributed by atoms with Gasteiger partial charge in [-0.05, 0) is 43.7 Å². The van der Waals surface area contributed by atoms with Crippen molar-refractivity contribution >= 4 is 23.6 Å². The molecule has 0 bridgehead atoms. The van der Waals surface area contributed by atoms with Crippen LogP contribution in [-0.2, 0) is 9.59 Å². The van der Waals surface area contributed by atoms with Crippen LogP contribution < -0.4 is 5.32 Å². The molecule has 1 saturated carbocycles. The first kappa shape index (κ1) is 15.4. The summed E-state index contributed by atoms with van der Waals surface area (Å²) >= 11 is 1.84. The fourth-order valence-corrected chi connectivity index (χ4v) is 4.51. The summed E-state index contributed by atoms with van der Waals surface area (Å²) in [6.07, 6.45) is 3.56. The van der Waals surface area contributed by atoms with E-state index in [0.717, 1.165) is 12.2 Å². The largest absolute Gasteiger partial charge is 0.481 e. The van der Waals surface area contributed by atoms with Gasteiger partial charge in [0.1, 0.15) is 0 Å². The van der Waals surface area contributed by atoms with Gasteiger partial charge in [0.15, 0.2) is 0 Å². The van der Waals surface area contributed by atoms with E-state index in [4.69, 9.17) is 5.11 Å². The standard InChI is InChI=1S/C17H21NO3S/c19-16(11-5-7-12(8-6-11)17(20)21)18-14-9-10-22-15-4-2-1-3-13(14)15/h1-4,11-12,14H,5-10H2,(H,18,19)(H,20,21). The normalized spacial score (nSPS) is 27.7. The number of hydrogen-bond donors (Lipinski definition) is 2. The molecule has 0 saturated heterocycles. The van der Waals surface area contributed by atoms with Crippen molar-refractivity contribution in [2.75, 3.05) is 5.75 Å². The van der Waals surface area contributed by atoms with Crippen LogP contribution in [0.1, 0.15) is 43.7 Å². The Hall–Kier alpha value is -1.49. The molecule has 1 unspecified atom stereocenters. The van der Waals surface area contributed by atoms with Gasteiger partial charge >= 0.3 is 5.97 Å². The lowest BCUT2D eigenvalue weighted by Gasteiger charge is -2.30. The highest BCUT2D eigenvalue weighted by Crippen LogP contribution is 2.36. The second kappa shape index (κ2) is 6.73. The molecule has 1 aromatic rings. The molecule has 5 heteroatoms. The number of nitrogens with one attached hydrogen (secondary N) is 1. The van der Waals surface area contributed by atoms with Crippen molar-refractivity contribution in [1.82, 2.24) is 5.32 Å². The third-order valence-corrected chi connectivity index (χ3v) is 5.84. The molecule has 1 atom stereocenters. The van der Waals surface area contributed by atoms with Crippen molar-refractivity contribution in [3.05, 3.63) is 29.8 Å². The number of rotatable bonds is 3. The minimum atomic E-state index is -0.725. The molecule has 1 aliphatic carbocycles. The Bertz CT molecular complexity index is 567. The Kier molecular flexibility index (Phi) is 4.71. The van der Waals surface area contributed by atoms with Gasteiger partial charge in [-0.25, -0.2) is 0 Å². The lowest BCUT2D eigenvalue weighted by atomic mass is 9.81. The molecular formula is C17H21NO3S. The second-order valence-corrected chi connectivity index (χ2v) is 7.26. The van der Waals surface area contributed by atoms with Crippen LogP contribution in [0.5, 0.6) is 0 Å². The number of amides is 1. The van der Waals surface area contributed by atoms with Gasteiger partial charge < -0.3 is 10.4 Å². The van der Waals surface area contributed by atoms with Gasteiger partial charge in [0.05, 0.1) is 12.0 Å². The van der Waals surface area contributed by atoms with Crippen LogP contribution in [0, 0.1) is 11.8 Å². The molecule has 1 aliphatic heterocycles. The van der Waals surface area contributed by atoms with Gasteiger partial charge in [-0.2, -0.15) is 0 Å². The van der Waals surface area contributed by atoms with Crippen LogP contribution in [-0.4, -0.2) is 22.7 Å². The molecule has 2 aliphatic rings. The molecule has 2 N–H and O–H groups in total. The first-order chi connectivity index (χ1) is 10.6. The zero-order valence-electron chi connectivity index (χ0n) is 12.5. The van der Waals surface area contributed by atoms with Crippen LogP contribution >= 0.6 is 11.8 Å². The van der Waals surface area contributed by atoms with E-state index in [2.05, 4.69) is 17.4 Å². The molecule has 0 spiro atoms. The highest BCUT2D eigenvalue weighted by Gasteiger charge is 2.31. The number of carbonyl (C=O) groups excluding carboxylic acids is 1. The summed E-state index contributed by atoms with van der Waals surface area (Å²) < 4.78 is 0. The van der Waals surface area contributed by atoms with Gasteiger partial charge in [0, 0.05) is 16.6 Å². The molecule has 4 nitrogen and oxygen atoms in total. The maximum atomic E-state index is 12.5. The average molecular weight is 319 g/mol. The minimum Gasteiger partial charge on any atom is -0.481 e. The lowest BCUT2D eigenvalue weighted by Crippen LogP contribution is -2.37. The van der Waals surface area contributed by atoms with Crippen molar-refractivity contribution in [1.29, 1.82) is 0 Å². The predicted octanol–water partition coefficient (Wildman–Crippen LogP) is 3.23. The molecule has 22 heavy (non-hydrogen) atoms. The third-order valence-electron chi connectivity index (χ3n) is 4.72. The number of hydrogen-bond acceptors (Lipinski definition) is 3. The molecule has 1 heterocycles. The van der Waals surface area contributed by atoms with Crippen molar-refractivity contribution in [3.63, 3.8) is 0 Å². The van der Waals surface area contributed by atoms with Crippen LogP contribution in [0.15, 0.2) is 29.2 Å². The summed E-state index contributed by atoms with van der Waals surface area (Å²) in [6, 6.07) is 8.34. The van der Waals surface area contributed by atoms with Gasteiger partial charge in [0.2, 0.25) is 5.91 Å². The molecule has 0 aromatic heterocycles. The number of benzene rings is 1. The van der Waals surface area contributed by atoms with E-state index in [0.29, 0.717) is 25.7 Å². The number of carboxylic acid groups (broad SMARTS) is 1. The van der Waals surface area contributed by atoms with E-state index < -0.39 is 5.97 Å². The van der Waals surface area contributed by atoms with Gasteiger partial charge in [-0.15, -0.1) is 11.8 Å². The smallest absolute Gasteiger partial charge is 0.306 e. The first-order valence-corrected chi connectivity index (χ1v) is 8.88. The number of carboxylic acids is 1. The molecule has 1 amide bonds. The fraction of sp³-hybridized carbons (Fsp3) is 0.529. The Balaban J connectivity index is 1.60. The summed E-state index contributed by atoms with van der Waals surface area (Å²) in [7, 11) is 0. The summed E-state index contributed by atoms with van der Waals surface area (Å²) in [6.45, 7) is 0. The van der Waals surface area contributed by atoms with E-state index in [1.54, 1.807) is 0 Å². The third kappa shape index (κ3) is 3.29. The SMILES string of the molecule is O=C(O)C1CCC(C(=O)NC2CCSc3ccccc32)CC1. The van der Waals surface area contributed by atoms with Crippen LogP contribution in [0.3, 0.4) is 0 Å². The van der Waals surface area contributed by atoms with Crippen molar-refractivity contribution in [2.45, 2.75) is 43.0 Å². The van der Waals surface area contributed by atoms with Crippen LogP contribution in [0.25, 0.3) is 0 Å². The van der Waals surface area contributed by atoms with E-state index in [9.17, 15) is 9.59 Å². The quantitative estimate of drug-likeness (QED) is 0.897. The number of carbonyl (C=O) groups is 2. The fourth-order valence-electron chi connectivity index (χ4n) is 3.38. The van der Waals surface area contributed by atoms with Crippen LogP contribution in [0.2, 0.25) is 0 Å². The van der Waals surface area contributed by atoms with Crippen molar-refractivity contribution in [3.8, 4) is 0 Å². The predicted molar refractivity (Wildman–Crippen MR) is 85.8 cm³/mol. The molecule has 1 fully saturated rings. The minimum absolute atomic E-state index is 0.0302. The Morgan fingerprint density at radius 2 is 1.73 bits per heavy atom. The molecule has 0 radical (unpaired) electrons. The number of fused-ring (bicyclic) bond motifs is 1. The van der Waals surface area contributed by atoms with E-state index in [1.165, 1.54) is 10.5 Å². The average Bonchev–Trinajstić information content (AvgIpc) is 2.55. The molecule has 1 aromatic carbocycles. The highest BCUT2D eigenvalue weighted by molar-refractivity contribution is 7.99. The Labute approximate surface area is 134 Å². The summed E-state index contributed by atoms with van der Waals surface area (Å²) in [4.78, 5) is 24.7. The first-order valence-electron chi connectivity index (χ1n) is 7.90. The lowest BCUT2D eigenvalue weighted by molar-refractivity contribution is -0.144. The molecule has 118 valence electrons. The summed E-state index contributed by atoms with van der Waals surface area (Å²) in [5, 5.41) is 12.2. The second-order valence-electron chi connectivity index (χ2n) is 6.12. The Morgan fingerprint density at radius 3 is 2.45 bits per heavy atom. The van der Waals surface area contributed by atoms with Gasteiger partial charge in [0.25, 0.3) is 0 Å². The maximum Gasteiger partial charge on any atom is 0.306 e. The van der Waals surface area contributed by atoms with Crippen molar-refractivity contribution < 1.29 is 14.7 Å². The van der Waals surface area contributed by atoms with E-state index >= 15 is 0 Å². The molecular weight excluding hydrogens is 298 g/mol. The summed E-state index contributed by atoms with van der Waals surface area (Å²) in [5.74, 6) is 0.0918. The summed E-state index contributed by atoms with van der Waals surface area (Å²) in [5.41, 5.74) is 1.21. The maximum absolute atomic E-state index is 12.5. The number of thioether (sulfide) groups is 1. The topological polar surface area (TPSA) is 66.4 Å². The highest BCUT2D eigenvalue weighted by atomic mass is 32.2. The van der Waals surface area contributed by atoms with Crippen molar-refractivity contribution in [2.24, 2.45) is 11.8 Å². The van der Waals surface area contributed by atoms with E-state index in [-0.39, 0.29) is 23.8 Å². The van der Waals surface area contributed by atoms with E-state index in [1.807, 2.05) is 23.9 Å². The number of aliphatic carboxylic acids is 1. The Morgan fingerprint density at radius 1 is 1.05 bits per heavy atom. The zero-order valence-corrected chi connectivity index (χ0v) is 13.3.